The van der Waals surface area contributed by atoms with Crippen LogP contribution in [0.15, 0.2) is 24.3 Å². The minimum Gasteiger partial charge on any atom is -0.343 e. The highest BCUT2D eigenvalue weighted by Crippen LogP contribution is 2.34. The predicted octanol–water partition coefficient (Wildman–Crippen LogP) is 1.81. The van der Waals surface area contributed by atoms with Gasteiger partial charge in [-0.2, -0.15) is 13.2 Å². The van der Waals surface area contributed by atoms with E-state index in [1.54, 1.807) is 4.90 Å². The van der Waals surface area contributed by atoms with E-state index in [0.717, 1.165) is 12.5 Å². The van der Waals surface area contributed by atoms with E-state index in [-0.39, 0.29) is 12.1 Å². The number of rotatable bonds is 5. The van der Waals surface area contributed by atoms with Crippen molar-refractivity contribution in [3.63, 3.8) is 0 Å². The van der Waals surface area contributed by atoms with Gasteiger partial charge in [0.05, 0.1) is 11.3 Å². The summed E-state index contributed by atoms with van der Waals surface area (Å²) in [6.07, 6.45) is -3.61. The summed E-state index contributed by atoms with van der Waals surface area (Å²) in [5, 5.41) is 2.32. The van der Waals surface area contributed by atoms with Crippen LogP contribution in [0, 0.1) is 0 Å². The van der Waals surface area contributed by atoms with Gasteiger partial charge in [0, 0.05) is 39.1 Å². The molecule has 8 heteroatoms. The molecule has 126 valence electrons. The van der Waals surface area contributed by atoms with Crippen LogP contribution in [-0.4, -0.2) is 54.8 Å². The van der Waals surface area contributed by atoms with Crippen molar-refractivity contribution in [3.05, 3.63) is 29.8 Å². The van der Waals surface area contributed by atoms with Gasteiger partial charge in [0.1, 0.15) is 0 Å². The van der Waals surface area contributed by atoms with Gasteiger partial charge in [-0.15, -0.1) is 0 Å². The number of hydrogen-bond acceptors (Lipinski definition) is 3. The van der Waals surface area contributed by atoms with Crippen molar-refractivity contribution in [2.24, 2.45) is 0 Å². The molecule has 0 aliphatic carbocycles. The summed E-state index contributed by atoms with van der Waals surface area (Å²) in [5.41, 5.74) is -1.08. The third-order valence-corrected chi connectivity index (χ3v) is 3.72. The molecular formula is C15H18F3N3O2. The third-order valence-electron chi connectivity index (χ3n) is 3.72. The Morgan fingerprint density at radius 1 is 1.17 bits per heavy atom. The molecule has 1 fully saturated rings. The fraction of sp³-hybridized carbons (Fsp3) is 0.467. The zero-order chi connectivity index (χ0) is 16.9. The molecule has 0 unspecified atom stereocenters. The number of hydrogen-bond donors (Lipinski definition) is 1. The zero-order valence-electron chi connectivity index (χ0n) is 12.5. The lowest BCUT2D eigenvalue weighted by molar-refractivity contribution is -0.137. The maximum atomic E-state index is 12.9. The number of amides is 2. The van der Waals surface area contributed by atoms with E-state index in [4.69, 9.17) is 0 Å². The van der Waals surface area contributed by atoms with E-state index in [9.17, 15) is 22.8 Å². The lowest BCUT2D eigenvalue weighted by Gasteiger charge is -2.32. The summed E-state index contributed by atoms with van der Waals surface area (Å²) in [4.78, 5) is 26.1. The molecule has 0 radical (unpaired) electrons. The molecule has 1 aromatic carbocycles. The van der Waals surface area contributed by atoms with Gasteiger partial charge in [-0.25, -0.2) is 0 Å². The Morgan fingerprint density at radius 3 is 2.43 bits per heavy atom. The van der Waals surface area contributed by atoms with Crippen LogP contribution in [0.25, 0.3) is 0 Å². The molecule has 2 amide bonds. The second-order valence-electron chi connectivity index (χ2n) is 5.32. The maximum Gasteiger partial charge on any atom is 0.418 e. The van der Waals surface area contributed by atoms with E-state index >= 15 is 0 Å². The van der Waals surface area contributed by atoms with Gasteiger partial charge in [0.25, 0.3) is 0 Å². The monoisotopic (exact) mass is 329 g/mol. The van der Waals surface area contributed by atoms with Gasteiger partial charge in [0.15, 0.2) is 0 Å². The van der Waals surface area contributed by atoms with Crippen LogP contribution in [0.5, 0.6) is 0 Å². The molecule has 1 aromatic rings. The quantitative estimate of drug-likeness (QED) is 0.838. The number of halogens is 3. The van der Waals surface area contributed by atoms with Crippen molar-refractivity contribution in [2.75, 3.05) is 38.0 Å². The molecule has 0 aromatic heterocycles. The molecular weight excluding hydrogens is 311 g/mol. The molecule has 0 atom stereocenters. The Bertz CT molecular complexity index is 555. The fourth-order valence-corrected chi connectivity index (χ4v) is 2.40. The topological polar surface area (TPSA) is 52.7 Å². The average Bonchev–Trinajstić information content (AvgIpc) is 2.53. The molecule has 5 nitrogen and oxygen atoms in total. The number of carbonyl (C=O) groups excluding carboxylic acids is 2. The summed E-state index contributed by atoms with van der Waals surface area (Å²) < 4.78 is 38.6. The van der Waals surface area contributed by atoms with Crippen molar-refractivity contribution in [1.82, 2.24) is 9.80 Å². The molecule has 1 aliphatic rings. The number of nitrogens with one attached hydrogen (secondary N) is 1. The number of carbonyl (C=O) groups is 2. The van der Waals surface area contributed by atoms with E-state index < -0.39 is 17.6 Å². The van der Waals surface area contributed by atoms with Gasteiger partial charge >= 0.3 is 6.18 Å². The molecule has 1 saturated heterocycles. The minimum absolute atomic E-state index is 0.104. The zero-order valence-corrected chi connectivity index (χ0v) is 12.5. The Balaban J connectivity index is 1.85. The molecule has 0 spiro atoms. The molecule has 0 saturated carbocycles. The van der Waals surface area contributed by atoms with Crippen molar-refractivity contribution in [3.8, 4) is 0 Å². The highest BCUT2D eigenvalue weighted by atomic mass is 19.4. The summed E-state index contributed by atoms with van der Waals surface area (Å²) in [5.74, 6) is -0.459. The lowest BCUT2D eigenvalue weighted by Crippen LogP contribution is -2.46. The number of nitrogens with zero attached hydrogens (tertiary/aromatic N) is 2. The molecule has 1 heterocycles. The van der Waals surface area contributed by atoms with E-state index in [0.29, 0.717) is 32.7 Å². The highest BCUT2D eigenvalue weighted by Gasteiger charge is 2.33. The summed E-state index contributed by atoms with van der Waals surface area (Å²) in [7, 11) is 0. The second kappa shape index (κ2) is 7.45. The van der Waals surface area contributed by atoms with Gasteiger partial charge < -0.3 is 10.2 Å². The smallest absolute Gasteiger partial charge is 0.343 e. The van der Waals surface area contributed by atoms with Crippen molar-refractivity contribution >= 4 is 18.0 Å². The van der Waals surface area contributed by atoms with Gasteiger partial charge in [0.2, 0.25) is 12.3 Å². The van der Waals surface area contributed by atoms with Gasteiger partial charge in [-0.1, -0.05) is 12.1 Å². The standard InChI is InChI=1S/C15H18F3N3O2/c16-15(17,18)12-3-1-2-4-13(12)19-14(23)5-6-20-7-9-21(11-22)10-8-20/h1-4,11H,5-10H2,(H,19,23). The Hall–Kier alpha value is -2.09. The van der Waals surface area contributed by atoms with Gasteiger partial charge in [-0.3, -0.25) is 14.5 Å². The SMILES string of the molecule is O=CN1CCN(CCC(=O)Nc2ccccc2C(F)(F)F)CC1. The number of benzene rings is 1. The number of para-hydroxylation sites is 1. The van der Waals surface area contributed by atoms with Gasteiger partial charge in [-0.05, 0) is 12.1 Å². The lowest BCUT2D eigenvalue weighted by atomic mass is 10.1. The molecule has 23 heavy (non-hydrogen) atoms. The number of anilines is 1. The second-order valence-corrected chi connectivity index (χ2v) is 5.32. The minimum atomic E-state index is -4.50. The third kappa shape index (κ3) is 4.95. The Morgan fingerprint density at radius 2 is 1.83 bits per heavy atom. The van der Waals surface area contributed by atoms with Crippen LogP contribution in [0.1, 0.15) is 12.0 Å². The summed E-state index contributed by atoms with van der Waals surface area (Å²) >= 11 is 0. The van der Waals surface area contributed by atoms with Crippen molar-refractivity contribution in [2.45, 2.75) is 12.6 Å². The highest BCUT2D eigenvalue weighted by molar-refractivity contribution is 5.91. The first kappa shape index (κ1) is 17.3. The van der Waals surface area contributed by atoms with Crippen LogP contribution in [0.2, 0.25) is 0 Å². The van der Waals surface area contributed by atoms with Crippen LogP contribution in [0.3, 0.4) is 0 Å². The van der Waals surface area contributed by atoms with Crippen LogP contribution < -0.4 is 5.32 Å². The van der Waals surface area contributed by atoms with Crippen LogP contribution >= 0.6 is 0 Å². The predicted molar refractivity (Wildman–Crippen MR) is 78.8 cm³/mol. The Labute approximate surface area is 132 Å². The first-order valence-electron chi connectivity index (χ1n) is 7.28. The fourth-order valence-electron chi connectivity index (χ4n) is 2.40. The first-order chi connectivity index (χ1) is 10.9. The maximum absolute atomic E-state index is 12.9. The van der Waals surface area contributed by atoms with E-state index in [1.807, 2.05) is 4.90 Å². The van der Waals surface area contributed by atoms with Crippen molar-refractivity contribution < 1.29 is 22.8 Å². The summed E-state index contributed by atoms with van der Waals surface area (Å²) in [6, 6.07) is 4.91. The number of alkyl halides is 3. The summed E-state index contributed by atoms with van der Waals surface area (Å²) in [6.45, 7) is 2.97. The van der Waals surface area contributed by atoms with Crippen LogP contribution in [-0.2, 0) is 15.8 Å². The molecule has 1 aliphatic heterocycles. The Kier molecular flexibility index (Phi) is 5.59. The average molecular weight is 329 g/mol. The van der Waals surface area contributed by atoms with Crippen LogP contribution in [0.4, 0.5) is 18.9 Å². The molecule has 2 rings (SSSR count). The van der Waals surface area contributed by atoms with Crippen molar-refractivity contribution in [1.29, 1.82) is 0 Å². The molecule has 1 N–H and O–H groups in total. The number of piperazine rings is 1. The normalized spacial score (nSPS) is 16.2. The largest absolute Gasteiger partial charge is 0.418 e. The first-order valence-corrected chi connectivity index (χ1v) is 7.28. The van der Waals surface area contributed by atoms with E-state index in [1.165, 1.54) is 18.2 Å². The molecule has 0 bridgehead atoms. The van der Waals surface area contributed by atoms with E-state index in [2.05, 4.69) is 5.32 Å².